The van der Waals surface area contributed by atoms with Gasteiger partial charge in [0, 0.05) is 38.7 Å². The van der Waals surface area contributed by atoms with Crippen molar-refractivity contribution >= 4 is 55.9 Å². The van der Waals surface area contributed by atoms with Crippen LogP contribution in [0.1, 0.15) is 31.7 Å². The molecule has 0 unspecified atom stereocenters. The Morgan fingerprint density at radius 1 is 1.11 bits per heavy atom. The molecule has 2 N–H and O–H groups in total. The number of para-hydroxylation sites is 1. The molecule has 0 saturated carbocycles. The number of aromatic nitrogens is 4. The molecule has 0 aliphatic heterocycles. The molecule has 2 aromatic heterocycles. The topological polar surface area (TPSA) is 122 Å². The summed E-state index contributed by atoms with van der Waals surface area (Å²) in [6.07, 6.45) is 5.10. The van der Waals surface area contributed by atoms with Gasteiger partial charge >= 0.3 is 0 Å². The highest BCUT2D eigenvalue weighted by atomic mass is 32.2. The first-order chi connectivity index (χ1) is 17.6. The van der Waals surface area contributed by atoms with Gasteiger partial charge in [-0.3, -0.25) is 10.1 Å². The summed E-state index contributed by atoms with van der Waals surface area (Å²) < 4.78 is 25.2. The van der Waals surface area contributed by atoms with Crippen LogP contribution in [0.2, 0.25) is 0 Å². The van der Waals surface area contributed by atoms with Gasteiger partial charge in [-0.15, -0.1) is 0 Å². The van der Waals surface area contributed by atoms with Crippen LogP contribution in [0, 0.1) is 0 Å². The molecule has 2 heterocycles. The Labute approximate surface area is 216 Å². The molecule has 37 heavy (non-hydrogen) atoms. The number of unbranched alkanes of at least 4 members (excludes halogenated alkanes) is 1. The Bertz CT molecular complexity index is 1530. The van der Waals surface area contributed by atoms with Crippen molar-refractivity contribution in [2.24, 2.45) is 7.05 Å². The number of imidazole rings is 1. The summed E-state index contributed by atoms with van der Waals surface area (Å²) in [5.74, 6) is 1.41. The number of carbonyl (C=O) groups is 1. The minimum Gasteiger partial charge on any atom is -0.327 e. The van der Waals surface area contributed by atoms with E-state index in [9.17, 15) is 13.2 Å². The highest BCUT2D eigenvalue weighted by Crippen LogP contribution is 2.31. The molecule has 194 valence electrons. The van der Waals surface area contributed by atoms with Crippen LogP contribution in [-0.2, 0) is 27.4 Å². The predicted octanol–water partition coefficient (Wildman–Crippen LogP) is 4.55. The second-order valence-corrected chi connectivity index (χ2v) is 11.1. The highest BCUT2D eigenvalue weighted by molar-refractivity contribution is 7.89. The molecule has 10 nitrogen and oxygen atoms in total. The Morgan fingerprint density at radius 3 is 2.65 bits per heavy atom. The Balaban J connectivity index is 1.59. The molecule has 2 aromatic carbocycles. The Hall–Kier alpha value is -3.99. The van der Waals surface area contributed by atoms with Crippen LogP contribution >= 0.6 is 0 Å². The second-order valence-electron chi connectivity index (χ2n) is 8.98. The number of hydrogen-bond donors (Lipinski definition) is 2. The van der Waals surface area contributed by atoms with Gasteiger partial charge in [-0.1, -0.05) is 31.5 Å². The van der Waals surface area contributed by atoms with Gasteiger partial charge in [-0.25, -0.2) is 18.4 Å². The van der Waals surface area contributed by atoms with Crippen LogP contribution < -0.4 is 15.5 Å². The highest BCUT2D eigenvalue weighted by Gasteiger charge is 2.17. The fourth-order valence-electron chi connectivity index (χ4n) is 4.00. The van der Waals surface area contributed by atoms with E-state index < -0.39 is 9.84 Å². The Morgan fingerprint density at radius 2 is 1.89 bits per heavy atom. The van der Waals surface area contributed by atoms with Gasteiger partial charge in [-0.05, 0) is 42.3 Å². The van der Waals surface area contributed by atoms with E-state index in [0.717, 1.165) is 29.6 Å². The van der Waals surface area contributed by atoms with Crippen LogP contribution in [0.25, 0.3) is 11.0 Å². The van der Waals surface area contributed by atoms with E-state index >= 15 is 0 Å². The summed E-state index contributed by atoms with van der Waals surface area (Å²) in [4.78, 5) is 27.9. The van der Waals surface area contributed by atoms with Crippen molar-refractivity contribution in [3.63, 3.8) is 0 Å². The zero-order valence-electron chi connectivity index (χ0n) is 21.4. The van der Waals surface area contributed by atoms with Gasteiger partial charge < -0.3 is 14.8 Å². The monoisotopic (exact) mass is 521 g/mol. The minimum absolute atomic E-state index is 0.0404. The van der Waals surface area contributed by atoms with Gasteiger partial charge in [0.1, 0.15) is 11.3 Å². The molecule has 0 atom stereocenters. The third-order valence-electron chi connectivity index (χ3n) is 5.86. The molecule has 1 amide bonds. The zero-order valence-corrected chi connectivity index (χ0v) is 22.2. The third-order valence-corrected chi connectivity index (χ3v) is 6.71. The maximum atomic E-state index is 12.3. The van der Waals surface area contributed by atoms with Gasteiger partial charge in [0.2, 0.25) is 17.8 Å². The first-order valence-corrected chi connectivity index (χ1v) is 14.1. The standard InChI is InChI=1S/C26H31N7O3S/c1-5-6-13-23(34)30-26-31-24-20(11-8-12-21(24)33(26)3)32(2)22-14-15-27-25(29-22)28-19-10-7-9-18(16-19)17-37(4,35)36/h7-12,14-16H,5-6,13,17H2,1-4H3,(H,27,28,29)(H,30,31,34). The van der Waals surface area contributed by atoms with E-state index in [2.05, 4.69) is 27.5 Å². The van der Waals surface area contributed by atoms with Gasteiger partial charge in [0.15, 0.2) is 9.84 Å². The van der Waals surface area contributed by atoms with Crippen molar-refractivity contribution in [3.05, 3.63) is 60.3 Å². The molecule has 0 spiro atoms. The van der Waals surface area contributed by atoms with Crippen LogP contribution in [0.15, 0.2) is 54.7 Å². The van der Waals surface area contributed by atoms with Crippen molar-refractivity contribution in [2.75, 3.05) is 28.8 Å². The number of fused-ring (bicyclic) bond motifs is 1. The van der Waals surface area contributed by atoms with E-state index in [4.69, 9.17) is 4.98 Å². The summed E-state index contributed by atoms with van der Waals surface area (Å²) in [7, 11) is 0.622. The number of carbonyl (C=O) groups excluding carboxylic acids is 1. The van der Waals surface area contributed by atoms with Gasteiger partial charge in [0.05, 0.1) is 17.0 Å². The summed E-state index contributed by atoms with van der Waals surface area (Å²) in [5, 5.41) is 6.07. The molecule has 0 fully saturated rings. The first-order valence-electron chi connectivity index (χ1n) is 12.0. The maximum absolute atomic E-state index is 12.3. The minimum atomic E-state index is -3.14. The quantitative estimate of drug-likeness (QED) is 0.312. The largest absolute Gasteiger partial charge is 0.327 e. The molecule has 4 rings (SSSR count). The number of rotatable bonds is 10. The number of aryl methyl sites for hydroxylation is 1. The Kier molecular flexibility index (Phi) is 7.72. The van der Waals surface area contributed by atoms with Crippen LogP contribution in [0.4, 0.5) is 29.1 Å². The number of anilines is 5. The first kappa shape index (κ1) is 26.1. The third kappa shape index (κ3) is 6.42. The van der Waals surface area contributed by atoms with Crippen molar-refractivity contribution in [1.82, 2.24) is 19.5 Å². The summed E-state index contributed by atoms with van der Waals surface area (Å²) in [6.45, 7) is 2.05. The van der Waals surface area contributed by atoms with E-state index in [1.165, 1.54) is 6.26 Å². The lowest BCUT2D eigenvalue weighted by molar-refractivity contribution is -0.116. The number of hydrogen-bond acceptors (Lipinski definition) is 8. The van der Waals surface area contributed by atoms with E-state index in [1.54, 1.807) is 30.5 Å². The van der Waals surface area contributed by atoms with Crippen molar-refractivity contribution < 1.29 is 13.2 Å². The lowest BCUT2D eigenvalue weighted by atomic mass is 10.2. The normalized spacial score (nSPS) is 11.5. The van der Waals surface area contributed by atoms with Crippen LogP contribution in [0.5, 0.6) is 0 Å². The molecular weight excluding hydrogens is 490 g/mol. The van der Waals surface area contributed by atoms with E-state index in [1.807, 2.05) is 47.8 Å². The number of nitrogens with zero attached hydrogens (tertiary/aromatic N) is 5. The number of nitrogens with one attached hydrogen (secondary N) is 2. The summed E-state index contributed by atoms with van der Waals surface area (Å²) in [6, 6.07) is 14.8. The lowest BCUT2D eigenvalue weighted by Gasteiger charge is -2.19. The number of sulfone groups is 1. The second kappa shape index (κ2) is 11.0. The molecule has 4 aromatic rings. The maximum Gasteiger partial charge on any atom is 0.229 e. The van der Waals surface area contributed by atoms with E-state index in [-0.39, 0.29) is 11.7 Å². The molecule has 0 radical (unpaired) electrons. The number of amides is 1. The van der Waals surface area contributed by atoms with Crippen molar-refractivity contribution in [2.45, 2.75) is 31.9 Å². The molecule has 0 aliphatic rings. The summed E-state index contributed by atoms with van der Waals surface area (Å²) in [5.41, 5.74) is 3.81. The fraction of sp³-hybridized carbons (Fsp3) is 0.308. The molecule has 0 bridgehead atoms. The average molecular weight is 522 g/mol. The molecule has 0 aliphatic carbocycles. The summed E-state index contributed by atoms with van der Waals surface area (Å²) >= 11 is 0. The number of benzene rings is 2. The van der Waals surface area contributed by atoms with Crippen molar-refractivity contribution in [3.8, 4) is 0 Å². The lowest BCUT2D eigenvalue weighted by Crippen LogP contribution is -2.14. The molecule has 0 saturated heterocycles. The van der Waals surface area contributed by atoms with Crippen LogP contribution in [0.3, 0.4) is 0 Å². The van der Waals surface area contributed by atoms with Crippen molar-refractivity contribution in [1.29, 1.82) is 0 Å². The van der Waals surface area contributed by atoms with Crippen LogP contribution in [-0.4, -0.2) is 47.1 Å². The smallest absolute Gasteiger partial charge is 0.229 e. The zero-order chi connectivity index (χ0) is 26.6. The van der Waals surface area contributed by atoms with Gasteiger partial charge in [-0.2, -0.15) is 4.98 Å². The van der Waals surface area contributed by atoms with E-state index in [0.29, 0.717) is 35.4 Å². The molecule has 11 heteroatoms. The fourth-order valence-corrected chi connectivity index (χ4v) is 4.78. The SMILES string of the molecule is CCCCC(=O)Nc1nc2c(N(C)c3ccnc(Nc4cccc(CS(C)(=O)=O)c4)n3)cccc2n1C. The predicted molar refractivity (Wildman–Crippen MR) is 147 cm³/mol. The van der Waals surface area contributed by atoms with Gasteiger partial charge in [0.25, 0.3) is 0 Å². The average Bonchev–Trinajstić information content (AvgIpc) is 3.16. The molecular formula is C26H31N7O3S.